The Balaban J connectivity index is 1.09. The highest BCUT2D eigenvalue weighted by Crippen LogP contribution is 2.55. The van der Waals surface area contributed by atoms with Gasteiger partial charge in [-0.15, -0.1) is 0 Å². The van der Waals surface area contributed by atoms with E-state index in [2.05, 4.69) is 71.4 Å². The highest BCUT2D eigenvalue weighted by molar-refractivity contribution is 9.10. The van der Waals surface area contributed by atoms with Gasteiger partial charge in [0, 0.05) is 83.3 Å². The number of hydrogen-bond acceptors (Lipinski definition) is 16. The monoisotopic (exact) mass is 1410 g/mol. The van der Waals surface area contributed by atoms with Gasteiger partial charge in [-0.3, -0.25) is 9.59 Å². The molecule has 6 aromatic rings. The van der Waals surface area contributed by atoms with Crippen molar-refractivity contribution in [2.45, 2.75) is 96.9 Å². The molecule has 1 unspecified atom stereocenters. The van der Waals surface area contributed by atoms with Crippen LogP contribution in [0.5, 0.6) is 23.0 Å². The fourth-order valence-electron chi connectivity index (χ4n) is 13.1. The molecule has 0 radical (unpaired) electrons. The van der Waals surface area contributed by atoms with Crippen LogP contribution in [-0.4, -0.2) is 174 Å². The molecule has 0 aromatic heterocycles. The van der Waals surface area contributed by atoms with Crippen molar-refractivity contribution in [3.05, 3.63) is 177 Å². The molecule has 3 aliphatic heterocycles. The maximum atomic E-state index is 16.1. The number of nitrogens with zero attached hydrogens (tertiary/aromatic N) is 2. The Morgan fingerprint density at radius 2 is 0.847 bits per heavy atom. The smallest absolute Gasteiger partial charge is 0.491 e. The van der Waals surface area contributed by atoms with Crippen LogP contribution in [0.4, 0.5) is 0 Å². The normalized spacial score (nSPS) is 16.8. The fourth-order valence-corrected chi connectivity index (χ4v) is 13.3. The number of methoxy groups -OCH3 is 3. The minimum absolute atomic E-state index is 0.0616. The average Bonchev–Trinajstić information content (AvgIpc) is 1.57. The lowest BCUT2D eigenvalue weighted by Crippen LogP contribution is -2.42. The van der Waals surface area contributed by atoms with Gasteiger partial charge in [0.15, 0.2) is 0 Å². The molecule has 6 aromatic carbocycles. The van der Waals surface area contributed by atoms with Crippen LogP contribution >= 0.6 is 15.9 Å². The van der Waals surface area contributed by atoms with Gasteiger partial charge in [-0.05, 0) is 164 Å². The Bertz CT molecular complexity index is 3660. The second kappa shape index (κ2) is 34.8. The number of halogens is 1. The van der Waals surface area contributed by atoms with Crippen LogP contribution in [0.3, 0.4) is 0 Å². The van der Waals surface area contributed by atoms with E-state index in [9.17, 15) is 0 Å². The van der Waals surface area contributed by atoms with Crippen molar-refractivity contribution in [2.24, 2.45) is 0 Å². The molecule has 4 aliphatic rings. The summed E-state index contributed by atoms with van der Waals surface area (Å²) in [5.41, 5.74) is 10.0. The van der Waals surface area contributed by atoms with E-state index >= 15 is 9.59 Å². The van der Waals surface area contributed by atoms with E-state index in [1.54, 1.807) is 31.1 Å². The summed E-state index contributed by atoms with van der Waals surface area (Å²) in [5, 5.41) is 0. The quantitative estimate of drug-likeness (QED) is 0.0202. The lowest BCUT2D eigenvalue weighted by atomic mass is 9.69. The molecule has 0 N–H and O–H groups in total. The molecular weight excluding hydrogens is 1310 g/mol. The minimum atomic E-state index is -0.773. The summed E-state index contributed by atoms with van der Waals surface area (Å²) in [6, 6.07) is 40.6. The van der Waals surface area contributed by atoms with Gasteiger partial charge in [0.1, 0.15) is 55.0 Å². The second-order valence-corrected chi connectivity index (χ2v) is 26.2. The number of amides is 2. The third kappa shape index (κ3) is 17.4. The van der Waals surface area contributed by atoms with Crippen LogP contribution in [0.1, 0.15) is 101 Å². The molecule has 20 heteroatoms. The molecule has 98 heavy (non-hydrogen) atoms. The van der Waals surface area contributed by atoms with Crippen molar-refractivity contribution in [3.63, 3.8) is 0 Å². The van der Waals surface area contributed by atoms with Gasteiger partial charge >= 0.3 is 7.12 Å². The molecule has 1 aliphatic carbocycles. The zero-order valence-electron chi connectivity index (χ0n) is 58.4. The average molecular weight is 1410 g/mol. The molecule has 0 spiro atoms. The molecule has 10 rings (SSSR count). The number of rotatable bonds is 41. The summed E-state index contributed by atoms with van der Waals surface area (Å²) in [5.74, 6) is 1.49. The number of ether oxygens (including phenoxy) is 12. The molecule has 522 valence electrons. The van der Waals surface area contributed by atoms with Crippen molar-refractivity contribution in [2.75, 3.05) is 134 Å². The van der Waals surface area contributed by atoms with E-state index in [4.69, 9.17) is 66.2 Å². The van der Waals surface area contributed by atoms with Crippen molar-refractivity contribution in [3.8, 4) is 45.3 Å². The largest absolute Gasteiger partial charge is 0.498 e. The molecule has 1 atom stereocenters. The second-order valence-electron chi connectivity index (χ2n) is 25.3. The van der Waals surface area contributed by atoms with Crippen LogP contribution in [0, 0.1) is 6.92 Å². The highest BCUT2D eigenvalue weighted by Gasteiger charge is 2.58. The Morgan fingerprint density at radius 1 is 0.449 bits per heavy atom. The van der Waals surface area contributed by atoms with Gasteiger partial charge in [0.05, 0.1) is 95.4 Å². The number of benzene rings is 6. The molecular formula is C78H95BBrN2O16+. The third-order valence-corrected chi connectivity index (χ3v) is 18.9. The summed E-state index contributed by atoms with van der Waals surface area (Å²) in [6.07, 6.45) is 3.15. The van der Waals surface area contributed by atoms with E-state index in [1.165, 1.54) is 11.1 Å². The van der Waals surface area contributed by atoms with Crippen LogP contribution in [0.25, 0.3) is 33.6 Å². The maximum Gasteiger partial charge on any atom is 0.498 e. The predicted octanol–water partition coefficient (Wildman–Crippen LogP) is 12.9. The van der Waals surface area contributed by atoms with Crippen molar-refractivity contribution in [1.29, 1.82) is 0 Å². The topological polar surface area (TPSA) is 170 Å². The van der Waals surface area contributed by atoms with Crippen LogP contribution in [-0.2, 0) is 75.3 Å². The Hall–Kier alpha value is -7.05. The first kappa shape index (κ1) is 73.7. The predicted molar refractivity (Wildman–Crippen MR) is 383 cm³/mol. The van der Waals surface area contributed by atoms with Gasteiger partial charge in [-0.2, -0.15) is 0 Å². The molecule has 1 saturated heterocycles. The number of carbonyl (C=O) groups excluding carboxylic acids is 2. The molecule has 2 amide bonds. The lowest BCUT2D eigenvalue weighted by Gasteiger charge is -2.33. The SMILES string of the molecule is [CH2+]C1(C)OB(c2ccc3c(c2)C(CCCOCCOC)(CCCOCCOC)c2cc(-c4ccc(C5=C6C(=O)N(Cc7cc(OCCOCC)cc(OCCOCC)c7)C(c7ccc(Br)cc7)=C6C(=O)N5Cc5cc(OCCOC)cc(OCCOCC)c5)cc4)ccc2-3)OC1(C)C. The van der Waals surface area contributed by atoms with E-state index in [0.717, 1.165) is 63.4 Å². The van der Waals surface area contributed by atoms with Crippen molar-refractivity contribution < 1.29 is 75.7 Å². The minimum Gasteiger partial charge on any atom is -0.491 e. The van der Waals surface area contributed by atoms with Crippen molar-refractivity contribution in [1.82, 2.24) is 9.80 Å². The van der Waals surface area contributed by atoms with Crippen LogP contribution in [0.15, 0.2) is 137 Å². The first-order chi connectivity index (χ1) is 47.6. The Labute approximate surface area is 587 Å². The van der Waals surface area contributed by atoms with Crippen LogP contribution in [0.2, 0.25) is 0 Å². The van der Waals surface area contributed by atoms with E-state index in [-0.39, 0.29) is 42.7 Å². The number of hydrogen-bond donors (Lipinski definition) is 0. The van der Waals surface area contributed by atoms with Gasteiger partial charge in [-0.1, -0.05) is 82.7 Å². The third-order valence-electron chi connectivity index (χ3n) is 18.4. The number of fused-ring (bicyclic) bond motifs is 4. The highest BCUT2D eigenvalue weighted by atomic mass is 79.9. The summed E-state index contributed by atoms with van der Waals surface area (Å²) in [4.78, 5) is 35.6. The molecule has 0 bridgehead atoms. The summed E-state index contributed by atoms with van der Waals surface area (Å²) in [6.45, 7) is 23.9. The van der Waals surface area contributed by atoms with E-state index in [1.807, 2.05) is 114 Å². The number of carbonyl (C=O) groups is 2. The first-order valence-electron chi connectivity index (χ1n) is 34.2. The molecule has 3 heterocycles. The lowest BCUT2D eigenvalue weighted by molar-refractivity contribution is -0.124. The standard InChI is InChI=1S/C78H95BBrN2O16/c1-11-88-37-41-94-63-45-54(44-62(50-63)93-40-34-87-10)52-81-72(70-71(75(81)84)73(58-20-24-61(80)25-21-58)82(74(70)83)53-55-46-64(95-42-38-89-12-2)51-65(47-55)96-43-39-90-13-3)57-18-16-56(17-19-57)59-22-26-66-67-27-23-60(79-97-76(4,5)77(6,7)98-79)49-69(67)78(68(66)48-59,28-14-30-91-35-32-85-8)29-15-31-92-36-33-86-9/h16-27,44-51H,4,11-15,28-43,52-53H2,1-3,5-10H3/q+1. The van der Waals surface area contributed by atoms with Crippen LogP contribution < -0.4 is 24.4 Å². The fraction of sp³-hybridized carbons (Fsp3) is 0.449. The zero-order chi connectivity index (χ0) is 69.2. The summed E-state index contributed by atoms with van der Waals surface area (Å²) < 4.78 is 84.3. The Morgan fingerprint density at radius 3 is 1.29 bits per heavy atom. The van der Waals surface area contributed by atoms with Gasteiger partial charge in [-0.25, -0.2) is 0 Å². The maximum absolute atomic E-state index is 16.1. The molecule has 1 fully saturated rings. The van der Waals surface area contributed by atoms with Gasteiger partial charge in [0.25, 0.3) is 11.8 Å². The van der Waals surface area contributed by atoms with E-state index < -0.39 is 23.7 Å². The molecule has 0 saturated carbocycles. The first-order valence-corrected chi connectivity index (χ1v) is 35.0. The van der Waals surface area contributed by atoms with Gasteiger partial charge in [0.2, 0.25) is 5.60 Å². The van der Waals surface area contributed by atoms with Gasteiger partial charge < -0.3 is 76.0 Å². The van der Waals surface area contributed by atoms with E-state index in [0.29, 0.717) is 157 Å². The molecule has 18 nitrogen and oxygen atoms in total. The summed E-state index contributed by atoms with van der Waals surface area (Å²) >= 11 is 3.64. The van der Waals surface area contributed by atoms with Crippen molar-refractivity contribution >= 4 is 51.7 Å². The Kier molecular flexibility index (Phi) is 26.2. The zero-order valence-corrected chi connectivity index (χ0v) is 60.0. The summed E-state index contributed by atoms with van der Waals surface area (Å²) in [7, 11) is 4.38.